The molecule has 1 rings (SSSR count). The molecule has 18 heavy (non-hydrogen) atoms. The lowest BCUT2D eigenvalue weighted by atomic mass is 10.2. The van der Waals surface area contributed by atoms with Gasteiger partial charge in [0.2, 0.25) is 0 Å². The zero-order chi connectivity index (χ0) is 13.1. The number of rotatable bonds is 9. The minimum Gasteiger partial charge on any atom is -0.463 e. The molecule has 0 bridgehead atoms. The largest absolute Gasteiger partial charge is 0.463 e. The van der Waals surface area contributed by atoms with Crippen molar-refractivity contribution in [3.05, 3.63) is 35.9 Å². The highest BCUT2D eigenvalue weighted by molar-refractivity contribution is 5.68. The van der Waals surface area contributed by atoms with Crippen molar-refractivity contribution in [1.29, 1.82) is 0 Å². The van der Waals surface area contributed by atoms with Gasteiger partial charge in [0.1, 0.15) is 6.61 Å². The summed E-state index contributed by atoms with van der Waals surface area (Å²) in [5.74, 6) is -0.195. The molecule has 100 valence electrons. The average Bonchev–Trinajstić information content (AvgIpc) is 2.42. The van der Waals surface area contributed by atoms with Gasteiger partial charge < -0.3 is 14.2 Å². The van der Waals surface area contributed by atoms with Gasteiger partial charge in [-0.2, -0.15) is 0 Å². The van der Waals surface area contributed by atoms with Gasteiger partial charge in [-0.15, -0.1) is 0 Å². The SMILES string of the molecule is CCC(=O)OCCOCCOCc1ccccc1. The van der Waals surface area contributed by atoms with Gasteiger partial charge in [-0.05, 0) is 5.56 Å². The minimum absolute atomic E-state index is 0.195. The van der Waals surface area contributed by atoms with Crippen molar-refractivity contribution in [2.45, 2.75) is 20.0 Å². The summed E-state index contributed by atoms with van der Waals surface area (Å²) < 4.78 is 15.6. The fourth-order valence-electron chi connectivity index (χ4n) is 1.30. The van der Waals surface area contributed by atoms with E-state index in [2.05, 4.69) is 0 Å². The Hall–Kier alpha value is -1.39. The second-order valence-electron chi connectivity index (χ2n) is 3.72. The van der Waals surface area contributed by atoms with Crippen LogP contribution in [0.3, 0.4) is 0 Å². The monoisotopic (exact) mass is 252 g/mol. The lowest BCUT2D eigenvalue weighted by Gasteiger charge is -2.06. The van der Waals surface area contributed by atoms with Crippen LogP contribution < -0.4 is 0 Å². The Balaban J connectivity index is 1.89. The highest BCUT2D eigenvalue weighted by Crippen LogP contribution is 1.99. The maximum absolute atomic E-state index is 10.8. The summed E-state index contributed by atoms with van der Waals surface area (Å²) in [7, 11) is 0. The van der Waals surface area contributed by atoms with Crippen LogP contribution in [0.5, 0.6) is 0 Å². The molecular formula is C14H20O4. The van der Waals surface area contributed by atoms with Crippen LogP contribution in [0.4, 0.5) is 0 Å². The van der Waals surface area contributed by atoms with E-state index in [1.807, 2.05) is 30.3 Å². The molecule has 1 aromatic carbocycles. The molecule has 0 N–H and O–H groups in total. The van der Waals surface area contributed by atoms with E-state index in [1.54, 1.807) is 6.92 Å². The summed E-state index contributed by atoms with van der Waals surface area (Å²) in [6, 6.07) is 9.98. The quantitative estimate of drug-likeness (QED) is 0.499. The van der Waals surface area contributed by atoms with Crippen LogP contribution in [0.25, 0.3) is 0 Å². The minimum atomic E-state index is -0.195. The molecule has 0 aliphatic rings. The zero-order valence-corrected chi connectivity index (χ0v) is 10.8. The van der Waals surface area contributed by atoms with Gasteiger partial charge in [0, 0.05) is 6.42 Å². The van der Waals surface area contributed by atoms with Crippen molar-refractivity contribution < 1.29 is 19.0 Å². The number of carbonyl (C=O) groups is 1. The average molecular weight is 252 g/mol. The van der Waals surface area contributed by atoms with Crippen molar-refractivity contribution in [3.8, 4) is 0 Å². The van der Waals surface area contributed by atoms with Crippen LogP contribution in [0.15, 0.2) is 30.3 Å². The molecule has 0 aliphatic heterocycles. The van der Waals surface area contributed by atoms with Gasteiger partial charge in [0.05, 0.1) is 26.4 Å². The zero-order valence-electron chi connectivity index (χ0n) is 10.8. The molecule has 0 aromatic heterocycles. The first-order valence-corrected chi connectivity index (χ1v) is 6.18. The van der Waals surface area contributed by atoms with Gasteiger partial charge >= 0.3 is 5.97 Å². The van der Waals surface area contributed by atoms with E-state index in [0.717, 1.165) is 5.56 Å². The molecule has 0 radical (unpaired) electrons. The fourth-order valence-corrected chi connectivity index (χ4v) is 1.30. The van der Waals surface area contributed by atoms with E-state index in [9.17, 15) is 4.79 Å². The Morgan fingerprint density at radius 3 is 2.39 bits per heavy atom. The Morgan fingerprint density at radius 1 is 1.00 bits per heavy atom. The first-order valence-electron chi connectivity index (χ1n) is 6.18. The standard InChI is InChI=1S/C14H20O4/c1-2-14(15)18-11-10-16-8-9-17-12-13-6-4-3-5-7-13/h3-7H,2,8-12H2,1H3. The van der Waals surface area contributed by atoms with E-state index < -0.39 is 0 Å². The summed E-state index contributed by atoms with van der Waals surface area (Å²) in [4.78, 5) is 10.8. The summed E-state index contributed by atoms with van der Waals surface area (Å²) >= 11 is 0. The molecule has 4 heteroatoms. The van der Waals surface area contributed by atoms with Crippen molar-refractivity contribution in [2.24, 2.45) is 0 Å². The summed E-state index contributed by atoms with van der Waals surface area (Å²) in [5.41, 5.74) is 1.15. The number of ether oxygens (including phenoxy) is 3. The number of esters is 1. The Morgan fingerprint density at radius 2 is 1.67 bits per heavy atom. The third-order valence-electron chi connectivity index (χ3n) is 2.26. The predicted octanol–water partition coefficient (Wildman–Crippen LogP) is 2.17. The molecule has 0 atom stereocenters. The molecule has 0 fully saturated rings. The topological polar surface area (TPSA) is 44.8 Å². The van der Waals surface area contributed by atoms with E-state index >= 15 is 0 Å². The Labute approximate surface area is 108 Å². The molecule has 0 aliphatic carbocycles. The summed E-state index contributed by atoms with van der Waals surface area (Å²) in [6.07, 6.45) is 0.403. The molecule has 0 amide bonds. The second kappa shape index (κ2) is 9.62. The lowest BCUT2D eigenvalue weighted by molar-refractivity contribution is -0.144. The Kier molecular flexibility index (Phi) is 7.84. The van der Waals surface area contributed by atoms with E-state index in [1.165, 1.54) is 0 Å². The fraction of sp³-hybridized carbons (Fsp3) is 0.500. The number of carbonyl (C=O) groups excluding carboxylic acids is 1. The van der Waals surface area contributed by atoms with Gasteiger partial charge in [-0.1, -0.05) is 37.3 Å². The van der Waals surface area contributed by atoms with Crippen LogP contribution in [0.1, 0.15) is 18.9 Å². The first kappa shape index (κ1) is 14.7. The molecular weight excluding hydrogens is 232 g/mol. The van der Waals surface area contributed by atoms with Crippen LogP contribution in [0.2, 0.25) is 0 Å². The van der Waals surface area contributed by atoms with Crippen molar-refractivity contribution in [3.63, 3.8) is 0 Å². The molecule has 4 nitrogen and oxygen atoms in total. The molecule has 0 saturated carbocycles. The molecule has 0 saturated heterocycles. The van der Waals surface area contributed by atoms with Crippen LogP contribution >= 0.6 is 0 Å². The summed E-state index contributed by atoms with van der Waals surface area (Å²) in [5, 5.41) is 0. The van der Waals surface area contributed by atoms with E-state index in [4.69, 9.17) is 14.2 Å². The van der Waals surface area contributed by atoms with Crippen molar-refractivity contribution in [2.75, 3.05) is 26.4 Å². The Bertz CT molecular complexity index is 324. The summed E-state index contributed by atoms with van der Waals surface area (Å²) in [6.45, 7) is 4.13. The highest BCUT2D eigenvalue weighted by Gasteiger charge is 1.97. The third-order valence-corrected chi connectivity index (χ3v) is 2.26. The molecule has 0 unspecified atom stereocenters. The molecule has 0 spiro atoms. The first-order chi connectivity index (χ1) is 8.83. The van der Waals surface area contributed by atoms with Crippen molar-refractivity contribution in [1.82, 2.24) is 0 Å². The molecule has 1 aromatic rings. The second-order valence-corrected chi connectivity index (χ2v) is 3.72. The molecule has 0 heterocycles. The maximum atomic E-state index is 10.8. The number of hydrogen-bond acceptors (Lipinski definition) is 4. The smallest absolute Gasteiger partial charge is 0.305 e. The van der Waals surface area contributed by atoms with Crippen LogP contribution in [-0.2, 0) is 25.6 Å². The number of benzene rings is 1. The van der Waals surface area contributed by atoms with Gasteiger partial charge in [-0.3, -0.25) is 4.79 Å². The van der Waals surface area contributed by atoms with Gasteiger partial charge in [0.25, 0.3) is 0 Å². The number of hydrogen-bond donors (Lipinski definition) is 0. The maximum Gasteiger partial charge on any atom is 0.305 e. The van der Waals surface area contributed by atoms with Crippen LogP contribution in [-0.4, -0.2) is 32.4 Å². The van der Waals surface area contributed by atoms with E-state index in [-0.39, 0.29) is 5.97 Å². The van der Waals surface area contributed by atoms with E-state index in [0.29, 0.717) is 39.5 Å². The van der Waals surface area contributed by atoms with Crippen LogP contribution in [0, 0.1) is 0 Å². The third kappa shape index (κ3) is 7.04. The van der Waals surface area contributed by atoms with Gasteiger partial charge in [-0.25, -0.2) is 0 Å². The highest BCUT2D eigenvalue weighted by atomic mass is 16.6. The normalized spacial score (nSPS) is 10.3. The van der Waals surface area contributed by atoms with Gasteiger partial charge in [0.15, 0.2) is 0 Å². The predicted molar refractivity (Wildman–Crippen MR) is 68.2 cm³/mol. The lowest BCUT2D eigenvalue weighted by Crippen LogP contribution is -2.12. The van der Waals surface area contributed by atoms with Crippen molar-refractivity contribution >= 4 is 5.97 Å².